The number of carbonyl (C=O) groups is 2. The number of para-hydroxylation sites is 1. The van der Waals surface area contributed by atoms with E-state index in [-0.39, 0.29) is 17.7 Å². The molecule has 7 nitrogen and oxygen atoms in total. The summed E-state index contributed by atoms with van der Waals surface area (Å²) in [6.07, 6.45) is 1.22. The maximum atomic E-state index is 12.1. The maximum Gasteiger partial charge on any atom is 0.253 e. The maximum absolute atomic E-state index is 12.1. The fourth-order valence-corrected chi connectivity index (χ4v) is 3.57. The lowest BCUT2D eigenvalue weighted by Gasteiger charge is -2.26. The van der Waals surface area contributed by atoms with Crippen LogP contribution in [0, 0.1) is 0 Å². The van der Waals surface area contributed by atoms with Crippen LogP contribution in [0.4, 0.5) is 5.69 Å². The molecule has 3 rings (SSSR count). The van der Waals surface area contributed by atoms with Gasteiger partial charge >= 0.3 is 0 Å². The third-order valence-corrected chi connectivity index (χ3v) is 5.13. The predicted octanol–water partition coefficient (Wildman–Crippen LogP) is 2.22. The lowest BCUT2D eigenvalue weighted by molar-refractivity contribution is -0.116. The number of benzene rings is 2. The third kappa shape index (κ3) is 5.37. The first kappa shape index (κ1) is 21.4. The SMILES string of the molecule is CN=C(NCCc1cccc(C(=O)N(C)C)c1)NCC1CC(=O)Nc2ccccc21. The van der Waals surface area contributed by atoms with E-state index in [2.05, 4.69) is 27.0 Å². The number of aliphatic imine (C=N–C) groups is 1. The van der Waals surface area contributed by atoms with E-state index in [1.54, 1.807) is 26.0 Å². The number of anilines is 1. The molecule has 2 aromatic rings. The molecule has 0 fully saturated rings. The molecule has 1 heterocycles. The number of fused-ring (bicyclic) bond motifs is 1. The topological polar surface area (TPSA) is 85.8 Å². The second kappa shape index (κ2) is 9.91. The van der Waals surface area contributed by atoms with Crippen molar-refractivity contribution in [1.29, 1.82) is 0 Å². The molecule has 0 radical (unpaired) electrons. The molecule has 0 saturated carbocycles. The van der Waals surface area contributed by atoms with Gasteiger partial charge in [0.1, 0.15) is 0 Å². The van der Waals surface area contributed by atoms with E-state index in [9.17, 15) is 9.59 Å². The van der Waals surface area contributed by atoms with Crippen molar-refractivity contribution in [3.05, 3.63) is 65.2 Å². The van der Waals surface area contributed by atoms with Crippen LogP contribution in [-0.4, -0.2) is 56.9 Å². The summed E-state index contributed by atoms with van der Waals surface area (Å²) in [7, 11) is 5.23. The van der Waals surface area contributed by atoms with Crippen LogP contribution in [0.25, 0.3) is 0 Å². The average molecular weight is 408 g/mol. The molecule has 0 bridgehead atoms. The Morgan fingerprint density at radius 3 is 2.73 bits per heavy atom. The van der Waals surface area contributed by atoms with Crippen molar-refractivity contribution in [3.8, 4) is 0 Å². The van der Waals surface area contributed by atoms with Crippen LogP contribution < -0.4 is 16.0 Å². The van der Waals surface area contributed by atoms with Gasteiger partial charge in [-0.3, -0.25) is 14.6 Å². The van der Waals surface area contributed by atoms with Crippen LogP contribution in [-0.2, 0) is 11.2 Å². The van der Waals surface area contributed by atoms with Gasteiger partial charge in [-0.25, -0.2) is 0 Å². The predicted molar refractivity (Wildman–Crippen MR) is 120 cm³/mol. The fraction of sp³-hybridized carbons (Fsp3) is 0.348. The first-order valence-corrected chi connectivity index (χ1v) is 10.1. The Morgan fingerprint density at radius 2 is 1.97 bits per heavy atom. The molecule has 2 aromatic carbocycles. The Bertz CT molecular complexity index is 939. The molecular formula is C23H29N5O2. The van der Waals surface area contributed by atoms with Crippen LogP contribution in [0.15, 0.2) is 53.5 Å². The zero-order valence-corrected chi connectivity index (χ0v) is 17.7. The fourth-order valence-electron chi connectivity index (χ4n) is 3.57. The summed E-state index contributed by atoms with van der Waals surface area (Å²) in [4.78, 5) is 30.0. The molecule has 1 unspecified atom stereocenters. The van der Waals surface area contributed by atoms with Gasteiger partial charge in [-0.05, 0) is 35.7 Å². The van der Waals surface area contributed by atoms with Crippen molar-refractivity contribution >= 4 is 23.5 Å². The highest BCUT2D eigenvalue weighted by Crippen LogP contribution is 2.31. The molecule has 1 atom stereocenters. The van der Waals surface area contributed by atoms with Gasteiger partial charge in [0.2, 0.25) is 5.91 Å². The smallest absolute Gasteiger partial charge is 0.253 e. The summed E-state index contributed by atoms with van der Waals surface area (Å²) in [6, 6.07) is 15.6. The summed E-state index contributed by atoms with van der Waals surface area (Å²) in [5, 5.41) is 9.56. The minimum Gasteiger partial charge on any atom is -0.356 e. The van der Waals surface area contributed by atoms with E-state index in [4.69, 9.17) is 0 Å². The summed E-state index contributed by atoms with van der Waals surface area (Å²) in [5.41, 5.74) is 3.80. The van der Waals surface area contributed by atoms with Crippen molar-refractivity contribution < 1.29 is 9.59 Å². The molecular weight excluding hydrogens is 378 g/mol. The Morgan fingerprint density at radius 1 is 1.17 bits per heavy atom. The number of hydrogen-bond acceptors (Lipinski definition) is 3. The van der Waals surface area contributed by atoms with Crippen molar-refractivity contribution in [2.45, 2.75) is 18.8 Å². The highest BCUT2D eigenvalue weighted by Gasteiger charge is 2.24. The summed E-state index contributed by atoms with van der Waals surface area (Å²) in [5.74, 6) is 0.830. The molecule has 0 spiro atoms. The van der Waals surface area contributed by atoms with E-state index >= 15 is 0 Å². The zero-order chi connectivity index (χ0) is 21.5. The second-order valence-corrected chi connectivity index (χ2v) is 7.57. The van der Waals surface area contributed by atoms with Crippen molar-refractivity contribution in [1.82, 2.24) is 15.5 Å². The normalized spacial score (nSPS) is 15.8. The molecule has 2 amide bonds. The lowest BCUT2D eigenvalue weighted by Crippen LogP contribution is -2.41. The number of carbonyl (C=O) groups excluding carboxylic acids is 2. The van der Waals surface area contributed by atoms with Crippen LogP contribution in [0.1, 0.15) is 33.8 Å². The number of amides is 2. The first-order chi connectivity index (χ1) is 14.5. The number of guanidine groups is 1. The largest absolute Gasteiger partial charge is 0.356 e. The Kier molecular flexibility index (Phi) is 7.06. The van der Waals surface area contributed by atoms with Gasteiger partial charge in [-0.2, -0.15) is 0 Å². The Hall–Kier alpha value is -3.35. The van der Waals surface area contributed by atoms with E-state index in [1.807, 2.05) is 42.5 Å². The molecule has 0 aliphatic carbocycles. The molecule has 1 aliphatic rings. The van der Waals surface area contributed by atoms with Crippen molar-refractivity contribution in [2.75, 3.05) is 39.5 Å². The van der Waals surface area contributed by atoms with Gasteiger partial charge < -0.3 is 20.9 Å². The van der Waals surface area contributed by atoms with Crippen LogP contribution in [0.3, 0.4) is 0 Å². The lowest BCUT2D eigenvalue weighted by atomic mass is 9.90. The van der Waals surface area contributed by atoms with Gasteiger partial charge in [-0.15, -0.1) is 0 Å². The second-order valence-electron chi connectivity index (χ2n) is 7.57. The number of nitrogens with zero attached hydrogens (tertiary/aromatic N) is 2. The van der Waals surface area contributed by atoms with E-state index < -0.39 is 0 Å². The number of nitrogens with one attached hydrogen (secondary N) is 3. The minimum atomic E-state index is -0.000847. The van der Waals surface area contributed by atoms with E-state index in [0.717, 1.165) is 23.2 Å². The first-order valence-electron chi connectivity index (χ1n) is 10.1. The molecule has 0 aromatic heterocycles. The van der Waals surface area contributed by atoms with Gasteiger partial charge in [0.25, 0.3) is 5.91 Å². The molecule has 0 saturated heterocycles. The Labute approximate surface area is 177 Å². The van der Waals surface area contributed by atoms with Crippen LogP contribution in [0.2, 0.25) is 0 Å². The zero-order valence-electron chi connectivity index (χ0n) is 17.7. The van der Waals surface area contributed by atoms with Gasteiger partial charge in [-0.1, -0.05) is 30.3 Å². The monoisotopic (exact) mass is 407 g/mol. The molecule has 30 heavy (non-hydrogen) atoms. The molecule has 158 valence electrons. The summed E-state index contributed by atoms with van der Waals surface area (Å²) >= 11 is 0. The molecule has 1 aliphatic heterocycles. The van der Waals surface area contributed by atoms with E-state index in [1.165, 1.54) is 0 Å². The third-order valence-electron chi connectivity index (χ3n) is 5.13. The highest BCUT2D eigenvalue weighted by molar-refractivity contribution is 5.95. The van der Waals surface area contributed by atoms with Crippen molar-refractivity contribution in [3.63, 3.8) is 0 Å². The average Bonchev–Trinajstić information content (AvgIpc) is 2.75. The standard InChI is InChI=1S/C23H29N5O2/c1-24-23(25-12-11-16-7-6-8-17(13-16)22(30)28(2)3)26-15-18-14-21(29)27-20-10-5-4-9-19(18)20/h4-10,13,18H,11-12,14-15H2,1-3H3,(H,27,29)(H2,24,25,26). The summed E-state index contributed by atoms with van der Waals surface area (Å²) in [6.45, 7) is 1.30. The van der Waals surface area contributed by atoms with Crippen LogP contribution in [0.5, 0.6) is 0 Å². The van der Waals surface area contributed by atoms with E-state index in [0.29, 0.717) is 31.0 Å². The Balaban J connectivity index is 1.52. The number of hydrogen-bond donors (Lipinski definition) is 3. The quantitative estimate of drug-likeness (QED) is 0.506. The molecule has 3 N–H and O–H groups in total. The van der Waals surface area contributed by atoms with Gasteiger partial charge in [0.05, 0.1) is 0 Å². The number of rotatable bonds is 6. The van der Waals surface area contributed by atoms with Gasteiger partial charge in [0, 0.05) is 57.8 Å². The van der Waals surface area contributed by atoms with Crippen LogP contribution >= 0.6 is 0 Å². The minimum absolute atomic E-state index is 0.000847. The summed E-state index contributed by atoms with van der Waals surface area (Å²) < 4.78 is 0. The molecule has 7 heteroatoms. The highest BCUT2D eigenvalue weighted by atomic mass is 16.2. The van der Waals surface area contributed by atoms with Crippen molar-refractivity contribution in [2.24, 2.45) is 4.99 Å². The van der Waals surface area contributed by atoms with Gasteiger partial charge in [0.15, 0.2) is 5.96 Å².